The first kappa shape index (κ1) is 13.3. The van der Waals surface area contributed by atoms with Crippen LogP contribution in [0.1, 0.15) is 39.0 Å². The molecular weight excluding hydrogens is 210 g/mol. The predicted octanol–water partition coefficient (Wildman–Crippen LogP) is 1.54. The fourth-order valence-electron chi connectivity index (χ4n) is 3.23. The minimum Gasteiger partial charge on any atom is -0.313 e. The van der Waals surface area contributed by atoms with Crippen LogP contribution in [-0.4, -0.2) is 61.7 Å². The van der Waals surface area contributed by atoms with Gasteiger partial charge in [0.1, 0.15) is 0 Å². The van der Waals surface area contributed by atoms with Crippen molar-refractivity contribution in [3.05, 3.63) is 0 Å². The van der Waals surface area contributed by atoms with Gasteiger partial charge < -0.3 is 10.2 Å². The maximum Gasteiger partial charge on any atom is 0.0195 e. The van der Waals surface area contributed by atoms with Crippen LogP contribution in [0.25, 0.3) is 0 Å². The van der Waals surface area contributed by atoms with Crippen LogP contribution in [0.5, 0.6) is 0 Å². The van der Waals surface area contributed by atoms with Gasteiger partial charge in [-0.2, -0.15) is 0 Å². The molecule has 3 heteroatoms. The van der Waals surface area contributed by atoms with Gasteiger partial charge in [0.15, 0.2) is 0 Å². The van der Waals surface area contributed by atoms with Crippen LogP contribution in [0.15, 0.2) is 0 Å². The third kappa shape index (κ3) is 4.23. The topological polar surface area (TPSA) is 18.5 Å². The second-order valence-electron chi connectivity index (χ2n) is 5.96. The lowest BCUT2D eigenvalue weighted by molar-refractivity contribution is 0.181. The molecule has 0 aromatic heterocycles. The summed E-state index contributed by atoms with van der Waals surface area (Å²) in [5, 5.41) is 3.73. The Labute approximate surface area is 107 Å². The Morgan fingerprint density at radius 3 is 2.88 bits per heavy atom. The van der Waals surface area contributed by atoms with Crippen molar-refractivity contribution >= 4 is 0 Å². The molecule has 0 aliphatic carbocycles. The molecule has 2 fully saturated rings. The zero-order chi connectivity index (χ0) is 12.1. The van der Waals surface area contributed by atoms with Crippen LogP contribution >= 0.6 is 0 Å². The summed E-state index contributed by atoms with van der Waals surface area (Å²) < 4.78 is 0. The maximum absolute atomic E-state index is 3.73. The van der Waals surface area contributed by atoms with Crippen molar-refractivity contribution in [3.8, 4) is 0 Å². The van der Waals surface area contributed by atoms with E-state index in [9.17, 15) is 0 Å². The molecule has 0 radical (unpaired) electrons. The molecule has 0 spiro atoms. The second kappa shape index (κ2) is 6.72. The first-order valence-electron chi connectivity index (χ1n) is 7.41. The minimum atomic E-state index is 0.715. The molecule has 0 bridgehead atoms. The van der Waals surface area contributed by atoms with Gasteiger partial charge >= 0.3 is 0 Å². The first-order valence-corrected chi connectivity index (χ1v) is 7.41. The molecule has 17 heavy (non-hydrogen) atoms. The quantitative estimate of drug-likeness (QED) is 0.789. The number of hydrogen-bond donors (Lipinski definition) is 1. The van der Waals surface area contributed by atoms with E-state index < -0.39 is 0 Å². The van der Waals surface area contributed by atoms with Crippen LogP contribution in [0.4, 0.5) is 0 Å². The van der Waals surface area contributed by atoms with Crippen molar-refractivity contribution in [2.75, 3.05) is 39.8 Å². The molecule has 0 aromatic carbocycles. The lowest BCUT2D eigenvalue weighted by atomic mass is 10.1. The van der Waals surface area contributed by atoms with Crippen LogP contribution < -0.4 is 5.32 Å². The van der Waals surface area contributed by atoms with Gasteiger partial charge in [-0.1, -0.05) is 12.8 Å². The summed E-state index contributed by atoms with van der Waals surface area (Å²) in [5.74, 6) is 0. The smallest absolute Gasteiger partial charge is 0.0195 e. The Kier molecular flexibility index (Phi) is 5.26. The molecule has 0 amide bonds. The Morgan fingerprint density at radius 2 is 2.00 bits per heavy atom. The Balaban J connectivity index is 1.83. The molecular formula is C14H29N3. The lowest BCUT2D eigenvalue weighted by Gasteiger charge is -2.31. The van der Waals surface area contributed by atoms with Gasteiger partial charge in [-0.15, -0.1) is 0 Å². The van der Waals surface area contributed by atoms with Crippen molar-refractivity contribution in [2.24, 2.45) is 0 Å². The van der Waals surface area contributed by atoms with Crippen molar-refractivity contribution in [1.29, 1.82) is 0 Å². The van der Waals surface area contributed by atoms with E-state index in [0.29, 0.717) is 6.04 Å². The summed E-state index contributed by atoms with van der Waals surface area (Å²) in [7, 11) is 2.25. The zero-order valence-corrected chi connectivity index (χ0v) is 11.6. The fourth-order valence-corrected chi connectivity index (χ4v) is 3.23. The van der Waals surface area contributed by atoms with E-state index >= 15 is 0 Å². The average Bonchev–Trinajstić information content (AvgIpc) is 2.62. The van der Waals surface area contributed by atoms with Crippen molar-refractivity contribution in [2.45, 2.75) is 51.1 Å². The number of hydrogen-bond acceptors (Lipinski definition) is 3. The molecule has 3 nitrogen and oxygen atoms in total. The third-order valence-electron chi connectivity index (χ3n) is 4.30. The normalized spacial score (nSPS) is 34.2. The van der Waals surface area contributed by atoms with Crippen LogP contribution in [0, 0.1) is 0 Å². The van der Waals surface area contributed by atoms with Gasteiger partial charge in [0.25, 0.3) is 0 Å². The van der Waals surface area contributed by atoms with E-state index in [1.807, 2.05) is 0 Å². The molecule has 1 N–H and O–H groups in total. The van der Waals surface area contributed by atoms with E-state index in [1.165, 1.54) is 64.8 Å². The lowest BCUT2D eigenvalue weighted by Crippen LogP contribution is -2.46. The van der Waals surface area contributed by atoms with Gasteiger partial charge in [0.2, 0.25) is 0 Å². The third-order valence-corrected chi connectivity index (χ3v) is 4.30. The van der Waals surface area contributed by atoms with Crippen molar-refractivity contribution in [3.63, 3.8) is 0 Å². The molecule has 0 saturated carbocycles. The molecule has 2 aliphatic heterocycles. The van der Waals surface area contributed by atoms with Crippen LogP contribution in [0.3, 0.4) is 0 Å². The van der Waals surface area contributed by atoms with E-state index in [1.54, 1.807) is 0 Å². The van der Waals surface area contributed by atoms with Gasteiger partial charge in [-0.25, -0.2) is 0 Å². The van der Waals surface area contributed by atoms with Crippen LogP contribution in [-0.2, 0) is 0 Å². The zero-order valence-electron chi connectivity index (χ0n) is 11.6. The summed E-state index contributed by atoms with van der Waals surface area (Å²) in [6.07, 6.45) is 6.91. The van der Waals surface area contributed by atoms with Crippen molar-refractivity contribution < 1.29 is 0 Å². The SMILES string of the molecule is CC1CN(C)CCCN1CC1CCCCCN1. The number of nitrogens with one attached hydrogen (secondary N) is 1. The summed E-state index contributed by atoms with van der Waals surface area (Å²) >= 11 is 0. The van der Waals surface area contributed by atoms with E-state index in [0.717, 1.165) is 6.04 Å². The fraction of sp³-hybridized carbons (Fsp3) is 1.00. The highest BCUT2D eigenvalue weighted by molar-refractivity contribution is 4.81. The van der Waals surface area contributed by atoms with Crippen LogP contribution in [0.2, 0.25) is 0 Å². The largest absolute Gasteiger partial charge is 0.313 e. The Bertz CT molecular complexity index is 212. The first-order chi connectivity index (χ1) is 8.25. The monoisotopic (exact) mass is 239 g/mol. The predicted molar refractivity (Wildman–Crippen MR) is 73.4 cm³/mol. The Morgan fingerprint density at radius 1 is 1.12 bits per heavy atom. The molecule has 100 valence electrons. The number of likely N-dealkylation sites (N-methyl/N-ethyl adjacent to an activating group) is 1. The summed E-state index contributed by atoms with van der Waals surface area (Å²) in [5.41, 5.74) is 0. The van der Waals surface area contributed by atoms with Crippen molar-refractivity contribution in [1.82, 2.24) is 15.1 Å². The molecule has 2 rings (SSSR count). The Hall–Kier alpha value is -0.120. The molecule has 2 saturated heterocycles. The number of nitrogens with zero attached hydrogens (tertiary/aromatic N) is 2. The highest BCUT2D eigenvalue weighted by Gasteiger charge is 2.22. The highest BCUT2D eigenvalue weighted by Crippen LogP contribution is 2.13. The average molecular weight is 239 g/mol. The molecule has 2 unspecified atom stereocenters. The van der Waals surface area contributed by atoms with E-state index in [-0.39, 0.29) is 0 Å². The van der Waals surface area contributed by atoms with Gasteiger partial charge in [-0.05, 0) is 52.9 Å². The minimum absolute atomic E-state index is 0.715. The van der Waals surface area contributed by atoms with Gasteiger partial charge in [0, 0.05) is 25.2 Å². The number of rotatable bonds is 2. The standard InChI is InChI=1S/C14H29N3/c1-13-11-16(2)9-6-10-17(13)12-14-7-4-3-5-8-15-14/h13-15H,3-12H2,1-2H3. The second-order valence-corrected chi connectivity index (χ2v) is 5.96. The van der Waals surface area contributed by atoms with E-state index in [2.05, 4.69) is 29.1 Å². The molecule has 2 heterocycles. The van der Waals surface area contributed by atoms with E-state index in [4.69, 9.17) is 0 Å². The summed E-state index contributed by atoms with van der Waals surface area (Å²) in [4.78, 5) is 5.18. The molecule has 2 aliphatic rings. The summed E-state index contributed by atoms with van der Waals surface area (Å²) in [6.45, 7) is 8.65. The maximum atomic E-state index is 3.73. The molecule has 0 aromatic rings. The molecule has 2 atom stereocenters. The van der Waals surface area contributed by atoms with Gasteiger partial charge in [0.05, 0.1) is 0 Å². The highest BCUT2D eigenvalue weighted by atomic mass is 15.2. The summed E-state index contributed by atoms with van der Waals surface area (Å²) in [6, 6.07) is 1.45. The van der Waals surface area contributed by atoms with Gasteiger partial charge in [-0.3, -0.25) is 4.90 Å².